The van der Waals surface area contributed by atoms with Gasteiger partial charge in [0.25, 0.3) is 0 Å². The zero-order valence-electron chi connectivity index (χ0n) is 11.7. The number of thiophene rings is 1. The number of carbonyl (C=O) groups excluding carboxylic acids is 1. The monoisotopic (exact) mass is 330 g/mol. The van der Waals surface area contributed by atoms with Gasteiger partial charge in [0.05, 0.1) is 4.92 Å². The van der Waals surface area contributed by atoms with Crippen molar-refractivity contribution in [2.24, 2.45) is 0 Å². The second kappa shape index (κ2) is 6.41. The minimum absolute atomic E-state index is 0.0121. The van der Waals surface area contributed by atoms with Crippen molar-refractivity contribution in [3.05, 3.63) is 63.4 Å². The van der Waals surface area contributed by atoms with Gasteiger partial charge in [0, 0.05) is 29.2 Å². The fourth-order valence-corrected chi connectivity index (χ4v) is 2.55. The summed E-state index contributed by atoms with van der Waals surface area (Å²) in [5.74, 6) is -0.282. The van der Waals surface area contributed by atoms with E-state index in [1.54, 1.807) is 17.5 Å². The van der Waals surface area contributed by atoms with Crippen LogP contribution in [0.2, 0.25) is 0 Å². The molecule has 23 heavy (non-hydrogen) atoms. The first kappa shape index (κ1) is 14.9. The van der Waals surface area contributed by atoms with Crippen LogP contribution < -0.4 is 0 Å². The quantitative estimate of drug-likeness (QED) is 0.307. The Labute approximate surface area is 134 Å². The Balaban J connectivity index is 1.58. The van der Waals surface area contributed by atoms with E-state index in [2.05, 4.69) is 4.98 Å². The third-order valence-electron chi connectivity index (χ3n) is 2.87. The highest BCUT2D eigenvalue weighted by molar-refractivity contribution is 7.13. The highest BCUT2D eigenvalue weighted by Crippen LogP contribution is 2.23. The maximum atomic E-state index is 11.6. The lowest BCUT2D eigenvalue weighted by molar-refractivity contribution is -0.380. The molecule has 2 aromatic heterocycles. The van der Waals surface area contributed by atoms with E-state index < -0.39 is 10.9 Å². The summed E-state index contributed by atoms with van der Waals surface area (Å²) in [5, 5.41) is 12.2. The van der Waals surface area contributed by atoms with Gasteiger partial charge in [-0.25, -0.2) is 9.78 Å². The second-order valence-electron chi connectivity index (χ2n) is 4.51. The molecule has 3 aromatic rings. The average molecular weight is 330 g/mol. The highest BCUT2D eigenvalue weighted by Gasteiger charge is 2.10. The predicted molar refractivity (Wildman–Crippen MR) is 83.8 cm³/mol. The van der Waals surface area contributed by atoms with Crippen LogP contribution in [0.5, 0.6) is 0 Å². The molecule has 0 aliphatic heterocycles. The molecule has 116 valence electrons. The van der Waals surface area contributed by atoms with Crippen LogP contribution in [0.3, 0.4) is 0 Å². The van der Waals surface area contributed by atoms with Gasteiger partial charge in [-0.3, -0.25) is 10.1 Å². The van der Waals surface area contributed by atoms with E-state index in [9.17, 15) is 14.9 Å². The van der Waals surface area contributed by atoms with Crippen molar-refractivity contribution in [2.45, 2.75) is 6.61 Å². The van der Waals surface area contributed by atoms with Crippen LogP contribution in [-0.4, -0.2) is 15.9 Å². The summed E-state index contributed by atoms with van der Waals surface area (Å²) in [7, 11) is 0. The average Bonchev–Trinajstić information content (AvgIpc) is 3.17. The summed E-state index contributed by atoms with van der Waals surface area (Å²) < 4.78 is 10.4. The van der Waals surface area contributed by atoms with E-state index in [4.69, 9.17) is 9.15 Å². The van der Waals surface area contributed by atoms with E-state index in [-0.39, 0.29) is 11.6 Å². The third-order valence-corrected chi connectivity index (χ3v) is 3.80. The molecule has 1 aromatic carbocycles. The maximum Gasteiger partial charge on any atom is 0.331 e. The number of hydrogen-bond donors (Lipinski definition) is 0. The second-order valence-corrected chi connectivity index (χ2v) is 5.40. The number of rotatable bonds is 5. The Hall–Kier alpha value is -3.00. The van der Waals surface area contributed by atoms with Crippen molar-refractivity contribution in [3.63, 3.8) is 0 Å². The van der Waals surface area contributed by atoms with Crippen LogP contribution >= 0.6 is 11.3 Å². The number of carbonyl (C=O) groups is 1. The molecular formula is C15H10N2O5S. The van der Waals surface area contributed by atoms with Gasteiger partial charge < -0.3 is 9.15 Å². The molecule has 0 aliphatic rings. The van der Waals surface area contributed by atoms with Crippen molar-refractivity contribution < 1.29 is 18.9 Å². The number of oxazole rings is 1. The Kier molecular flexibility index (Phi) is 4.15. The fraction of sp³-hybridized carbons (Fsp3) is 0.0667. The number of hydrogen-bond acceptors (Lipinski definition) is 7. The van der Waals surface area contributed by atoms with E-state index in [1.165, 1.54) is 18.2 Å². The van der Waals surface area contributed by atoms with Crippen molar-refractivity contribution in [1.82, 2.24) is 4.98 Å². The molecule has 0 aliphatic carbocycles. The molecule has 0 amide bonds. The molecule has 0 saturated carbocycles. The number of nitro groups is 1. The topological polar surface area (TPSA) is 95.5 Å². The summed E-state index contributed by atoms with van der Waals surface area (Å²) in [6, 6.07) is 8.63. The van der Waals surface area contributed by atoms with Crippen molar-refractivity contribution in [1.29, 1.82) is 0 Å². The molecule has 0 N–H and O–H groups in total. The van der Waals surface area contributed by atoms with E-state index in [0.717, 1.165) is 11.3 Å². The maximum absolute atomic E-state index is 11.6. The molecule has 3 rings (SSSR count). The lowest BCUT2D eigenvalue weighted by atomic mass is 10.3. The zero-order valence-corrected chi connectivity index (χ0v) is 12.5. The van der Waals surface area contributed by atoms with Gasteiger partial charge in [0.2, 0.25) is 5.89 Å². The van der Waals surface area contributed by atoms with Crippen LogP contribution in [-0.2, 0) is 16.1 Å². The Morgan fingerprint density at radius 3 is 3.00 bits per heavy atom. The number of para-hydroxylation sites is 2. The number of aromatic nitrogens is 1. The lowest BCUT2D eigenvalue weighted by Gasteiger charge is -1.97. The van der Waals surface area contributed by atoms with Crippen LogP contribution in [0.15, 0.2) is 46.2 Å². The van der Waals surface area contributed by atoms with E-state index in [0.29, 0.717) is 22.6 Å². The minimum Gasteiger partial charge on any atom is -0.458 e. The van der Waals surface area contributed by atoms with Gasteiger partial charge >= 0.3 is 11.0 Å². The number of benzene rings is 1. The van der Waals surface area contributed by atoms with Crippen LogP contribution in [0, 0.1) is 10.1 Å². The van der Waals surface area contributed by atoms with Gasteiger partial charge in [0.1, 0.15) is 12.1 Å². The van der Waals surface area contributed by atoms with Gasteiger partial charge in [0.15, 0.2) is 5.58 Å². The molecule has 0 spiro atoms. The normalized spacial score (nSPS) is 11.1. The Bertz CT molecular complexity index is 863. The number of ether oxygens (including phenoxy) is 1. The number of esters is 1. The van der Waals surface area contributed by atoms with Gasteiger partial charge in [-0.2, -0.15) is 0 Å². The fourth-order valence-electron chi connectivity index (χ4n) is 1.84. The van der Waals surface area contributed by atoms with Gasteiger partial charge in [-0.05, 0) is 12.1 Å². The minimum atomic E-state index is -0.582. The van der Waals surface area contributed by atoms with Crippen molar-refractivity contribution in [3.8, 4) is 0 Å². The van der Waals surface area contributed by atoms with E-state index in [1.807, 2.05) is 12.1 Å². The molecule has 7 nitrogen and oxygen atoms in total. The summed E-state index contributed by atoms with van der Waals surface area (Å²) in [6.45, 7) is -0.0267. The predicted octanol–water partition coefficient (Wildman–Crippen LogP) is 3.55. The van der Waals surface area contributed by atoms with Gasteiger partial charge in [-0.15, -0.1) is 0 Å². The molecule has 0 fully saturated rings. The Morgan fingerprint density at radius 1 is 1.43 bits per heavy atom. The smallest absolute Gasteiger partial charge is 0.331 e. The van der Waals surface area contributed by atoms with Crippen LogP contribution in [0.25, 0.3) is 17.2 Å². The number of fused-ring (bicyclic) bond motifs is 1. The molecule has 0 radical (unpaired) electrons. The highest BCUT2D eigenvalue weighted by atomic mass is 32.1. The third kappa shape index (κ3) is 3.61. The lowest BCUT2D eigenvalue weighted by Crippen LogP contribution is -1.99. The largest absolute Gasteiger partial charge is 0.458 e. The van der Waals surface area contributed by atoms with Crippen LogP contribution in [0.4, 0.5) is 5.00 Å². The van der Waals surface area contributed by atoms with Gasteiger partial charge in [-0.1, -0.05) is 23.5 Å². The molecule has 8 heteroatoms. The molecule has 2 heterocycles. The number of nitrogens with zero attached hydrogens (tertiary/aromatic N) is 2. The van der Waals surface area contributed by atoms with E-state index >= 15 is 0 Å². The standard InChI is InChI=1S/C15H10N2O5S/c18-15(21-8-10-7-14(17(19)20)23-9-10)6-5-13-16-11-3-1-2-4-12(11)22-13/h1-7,9H,8H2/b6-5+. The first-order chi connectivity index (χ1) is 11.1. The molecule has 0 atom stereocenters. The summed E-state index contributed by atoms with van der Waals surface area (Å²) >= 11 is 0.989. The molecular weight excluding hydrogens is 320 g/mol. The first-order valence-electron chi connectivity index (χ1n) is 6.54. The first-order valence-corrected chi connectivity index (χ1v) is 7.42. The van der Waals surface area contributed by atoms with Crippen molar-refractivity contribution >= 4 is 39.5 Å². The molecule has 0 saturated heterocycles. The molecule has 0 unspecified atom stereocenters. The zero-order chi connectivity index (χ0) is 16.2. The van der Waals surface area contributed by atoms with Crippen LogP contribution in [0.1, 0.15) is 11.5 Å². The Morgan fingerprint density at radius 2 is 2.26 bits per heavy atom. The summed E-state index contributed by atoms with van der Waals surface area (Å²) in [4.78, 5) is 25.9. The summed E-state index contributed by atoms with van der Waals surface area (Å²) in [6.07, 6.45) is 2.61. The SMILES string of the molecule is O=C(/C=C/c1nc2ccccc2o1)OCc1csc([N+](=O)[O-])c1. The summed E-state index contributed by atoms with van der Waals surface area (Å²) in [5.41, 5.74) is 1.91. The van der Waals surface area contributed by atoms with Crippen molar-refractivity contribution in [2.75, 3.05) is 0 Å². The molecule has 0 bridgehead atoms.